The molecule has 0 saturated carbocycles. The maximum Gasteiger partial charge on any atom is 0.250 e. The average Bonchev–Trinajstić information content (AvgIpc) is 2.89. The van der Waals surface area contributed by atoms with E-state index in [9.17, 15) is 9.90 Å². The zero-order chi connectivity index (χ0) is 25.3. The molecular weight excluding hydrogens is 470 g/mol. The second-order valence-electron chi connectivity index (χ2n) is 8.65. The summed E-state index contributed by atoms with van der Waals surface area (Å²) < 4.78 is 7.46. The van der Waals surface area contributed by atoms with Gasteiger partial charge in [0.15, 0.2) is 0 Å². The standard InChI is InChI=1S/C31H30ClNO3/c1-2-7-27(34)22-36-28-10-5-8-23(20-28)9-6-19-33-21-25(15-18-31(33)35)30-12-4-3-11-29(30)24-13-16-26(32)17-14-24/h3-5,7-8,10-18,20-21,34H,2,6,9,19,22H2,1H3/b27-7-. The van der Waals surface area contributed by atoms with Crippen LogP contribution in [0, 0.1) is 0 Å². The lowest BCUT2D eigenvalue weighted by Gasteiger charge is -2.13. The van der Waals surface area contributed by atoms with E-state index >= 15 is 0 Å². The molecule has 0 saturated heterocycles. The lowest BCUT2D eigenvalue weighted by atomic mass is 9.95. The molecule has 1 N–H and O–H groups in total. The summed E-state index contributed by atoms with van der Waals surface area (Å²) in [4.78, 5) is 12.6. The minimum absolute atomic E-state index is 0.0157. The van der Waals surface area contributed by atoms with Crippen LogP contribution in [0.5, 0.6) is 5.75 Å². The topological polar surface area (TPSA) is 51.5 Å². The smallest absolute Gasteiger partial charge is 0.250 e. The molecule has 36 heavy (non-hydrogen) atoms. The highest BCUT2D eigenvalue weighted by molar-refractivity contribution is 6.30. The molecule has 1 aromatic heterocycles. The molecule has 1 heterocycles. The van der Waals surface area contributed by atoms with Crippen molar-refractivity contribution in [1.29, 1.82) is 0 Å². The molecule has 0 radical (unpaired) electrons. The number of rotatable bonds is 10. The predicted molar refractivity (Wildman–Crippen MR) is 148 cm³/mol. The highest BCUT2D eigenvalue weighted by Gasteiger charge is 2.09. The zero-order valence-corrected chi connectivity index (χ0v) is 21.1. The number of benzene rings is 3. The molecule has 0 spiro atoms. The molecule has 0 atom stereocenters. The van der Waals surface area contributed by atoms with E-state index in [0.29, 0.717) is 11.6 Å². The predicted octanol–water partition coefficient (Wildman–Crippen LogP) is 7.70. The highest BCUT2D eigenvalue weighted by Crippen LogP contribution is 2.32. The van der Waals surface area contributed by atoms with Crippen LogP contribution in [-0.2, 0) is 13.0 Å². The minimum Gasteiger partial charge on any atom is -0.509 e. The third-order valence-corrected chi connectivity index (χ3v) is 6.22. The highest BCUT2D eigenvalue weighted by atomic mass is 35.5. The van der Waals surface area contributed by atoms with Crippen molar-refractivity contribution in [3.8, 4) is 28.0 Å². The Labute approximate surface area is 217 Å². The van der Waals surface area contributed by atoms with Gasteiger partial charge in [-0.25, -0.2) is 0 Å². The van der Waals surface area contributed by atoms with Gasteiger partial charge in [-0.3, -0.25) is 4.79 Å². The summed E-state index contributed by atoms with van der Waals surface area (Å²) in [5, 5.41) is 10.5. The fourth-order valence-electron chi connectivity index (χ4n) is 4.18. The van der Waals surface area contributed by atoms with E-state index in [1.54, 1.807) is 16.7 Å². The van der Waals surface area contributed by atoms with Crippen LogP contribution in [0.3, 0.4) is 0 Å². The molecule has 0 unspecified atom stereocenters. The number of halogens is 1. The minimum atomic E-state index is -0.0157. The number of pyridine rings is 1. The first kappa shape index (κ1) is 25.3. The van der Waals surface area contributed by atoms with Crippen LogP contribution in [0.1, 0.15) is 25.3 Å². The van der Waals surface area contributed by atoms with Gasteiger partial charge in [-0.15, -0.1) is 0 Å². The van der Waals surface area contributed by atoms with E-state index in [4.69, 9.17) is 16.3 Å². The molecule has 0 fully saturated rings. The molecule has 4 nitrogen and oxygen atoms in total. The Morgan fingerprint density at radius 3 is 2.42 bits per heavy atom. The average molecular weight is 500 g/mol. The summed E-state index contributed by atoms with van der Waals surface area (Å²) >= 11 is 6.08. The Balaban J connectivity index is 1.46. The molecule has 4 rings (SSSR count). The molecule has 3 aromatic carbocycles. The summed E-state index contributed by atoms with van der Waals surface area (Å²) in [6, 6.07) is 27.4. The zero-order valence-electron chi connectivity index (χ0n) is 20.4. The number of aliphatic hydroxyl groups is 1. The van der Waals surface area contributed by atoms with Gasteiger partial charge in [0.2, 0.25) is 0 Å². The van der Waals surface area contributed by atoms with E-state index in [-0.39, 0.29) is 17.9 Å². The van der Waals surface area contributed by atoms with Crippen molar-refractivity contribution in [3.05, 3.63) is 124 Å². The first-order valence-corrected chi connectivity index (χ1v) is 12.6. The summed E-state index contributed by atoms with van der Waals surface area (Å²) in [5.41, 5.74) is 5.35. The summed E-state index contributed by atoms with van der Waals surface area (Å²) in [6.45, 7) is 2.74. The Morgan fingerprint density at radius 1 is 0.944 bits per heavy atom. The van der Waals surface area contributed by atoms with Crippen LogP contribution >= 0.6 is 11.6 Å². The summed E-state index contributed by atoms with van der Waals surface area (Å²) in [7, 11) is 0. The van der Waals surface area contributed by atoms with Crippen LogP contribution in [0.25, 0.3) is 22.3 Å². The molecule has 0 aliphatic carbocycles. The molecule has 0 aliphatic rings. The van der Waals surface area contributed by atoms with E-state index < -0.39 is 0 Å². The van der Waals surface area contributed by atoms with Gasteiger partial charge < -0.3 is 14.4 Å². The maximum atomic E-state index is 12.6. The monoisotopic (exact) mass is 499 g/mol. The van der Waals surface area contributed by atoms with Crippen molar-refractivity contribution in [2.45, 2.75) is 32.7 Å². The Hall–Kier alpha value is -3.76. The number of hydrogen-bond donors (Lipinski definition) is 1. The fraction of sp³-hybridized carbons (Fsp3) is 0.194. The number of aromatic nitrogens is 1. The molecule has 5 heteroatoms. The van der Waals surface area contributed by atoms with Gasteiger partial charge in [0.25, 0.3) is 5.56 Å². The number of allylic oxidation sites excluding steroid dienone is 1. The Bertz CT molecular complexity index is 1390. The summed E-state index contributed by atoms with van der Waals surface area (Å²) in [5.74, 6) is 0.960. The third-order valence-electron chi connectivity index (χ3n) is 5.97. The molecule has 4 aromatic rings. The number of aryl methyl sites for hydroxylation is 2. The van der Waals surface area contributed by atoms with Crippen molar-refractivity contribution in [2.75, 3.05) is 6.61 Å². The Kier molecular flexibility index (Phi) is 8.64. The van der Waals surface area contributed by atoms with Crippen LogP contribution in [-0.4, -0.2) is 16.3 Å². The SMILES string of the molecule is CC/C=C(\O)COc1cccc(CCCn2cc(-c3ccccc3-c3ccc(Cl)cc3)ccc2=O)c1. The maximum absolute atomic E-state index is 12.6. The largest absolute Gasteiger partial charge is 0.509 e. The first-order valence-electron chi connectivity index (χ1n) is 12.2. The van der Waals surface area contributed by atoms with Gasteiger partial charge in [0.1, 0.15) is 18.1 Å². The van der Waals surface area contributed by atoms with Gasteiger partial charge in [-0.05, 0) is 83.5 Å². The quantitative estimate of drug-likeness (QED) is 0.227. The molecule has 0 aliphatic heterocycles. The lowest BCUT2D eigenvalue weighted by Crippen LogP contribution is -2.18. The van der Waals surface area contributed by atoms with Gasteiger partial charge in [0.05, 0.1) is 0 Å². The van der Waals surface area contributed by atoms with Crippen LogP contribution in [0.15, 0.2) is 108 Å². The van der Waals surface area contributed by atoms with Crippen molar-refractivity contribution in [1.82, 2.24) is 4.57 Å². The van der Waals surface area contributed by atoms with Gasteiger partial charge in [-0.1, -0.05) is 67.1 Å². The molecule has 0 amide bonds. The lowest BCUT2D eigenvalue weighted by molar-refractivity contribution is 0.269. The van der Waals surface area contributed by atoms with E-state index in [0.717, 1.165) is 52.8 Å². The van der Waals surface area contributed by atoms with Crippen LogP contribution in [0.4, 0.5) is 0 Å². The second-order valence-corrected chi connectivity index (χ2v) is 9.08. The normalized spacial score (nSPS) is 11.4. The fourth-order valence-corrected chi connectivity index (χ4v) is 4.30. The number of ether oxygens (including phenoxy) is 1. The van der Waals surface area contributed by atoms with Gasteiger partial charge in [0, 0.05) is 23.8 Å². The third kappa shape index (κ3) is 6.67. The van der Waals surface area contributed by atoms with Gasteiger partial charge in [-0.2, -0.15) is 0 Å². The first-order chi connectivity index (χ1) is 17.5. The van der Waals surface area contributed by atoms with Crippen molar-refractivity contribution in [2.24, 2.45) is 0 Å². The van der Waals surface area contributed by atoms with E-state index in [1.807, 2.05) is 73.8 Å². The van der Waals surface area contributed by atoms with E-state index in [2.05, 4.69) is 18.2 Å². The Morgan fingerprint density at radius 2 is 1.67 bits per heavy atom. The number of hydrogen-bond acceptors (Lipinski definition) is 3. The van der Waals surface area contributed by atoms with Crippen molar-refractivity contribution < 1.29 is 9.84 Å². The molecule has 0 bridgehead atoms. The molecule has 184 valence electrons. The second kappa shape index (κ2) is 12.3. The number of nitrogens with zero attached hydrogens (tertiary/aromatic N) is 1. The van der Waals surface area contributed by atoms with Crippen LogP contribution in [0.2, 0.25) is 5.02 Å². The van der Waals surface area contributed by atoms with Crippen LogP contribution < -0.4 is 10.3 Å². The van der Waals surface area contributed by atoms with Gasteiger partial charge >= 0.3 is 0 Å². The summed E-state index contributed by atoms with van der Waals surface area (Å²) in [6.07, 6.45) is 6.07. The molecular formula is C31H30ClNO3. The van der Waals surface area contributed by atoms with E-state index in [1.165, 1.54) is 0 Å². The van der Waals surface area contributed by atoms with Crippen molar-refractivity contribution >= 4 is 11.6 Å². The van der Waals surface area contributed by atoms with Crippen molar-refractivity contribution in [3.63, 3.8) is 0 Å². The number of aliphatic hydroxyl groups excluding tert-OH is 1.